The molecule has 0 saturated carbocycles. The second-order valence-corrected chi connectivity index (χ2v) is 4.00. The van der Waals surface area contributed by atoms with Crippen LogP contribution in [0.25, 0.3) is 0 Å². The van der Waals surface area contributed by atoms with Gasteiger partial charge >= 0.3 is 5.97 Å². The predicted octanol–water partition coefficient (Wildman–Crippen LogP) is 1.24. The van der Waals surface area contributed by atoms with Gasteiger partial charge in [-0.05, 0) is 6.92 Å². The van der Waals surface area contributed by atoms with E-state index in [2.05, 4.69) is 6.92 Å². The molecule has 0 aliphatic carbocycles. The van der Waals surface area contributed by atoms with Gasteiger partial charge in [-0.1, -0.05) is 13.8 Å². The standard InChI is InChI=1S/C9H20NO2/c1-6-10(4,5)7-12-9(11)8(2)3/h8H,6-7H2,1-5H3/q+1. The highest BCUT2D eigenvalue weighted by Gasteiger charge is 2.16. The molecule has 0 N–H and O–H groups in total. The van der Waals surface area contributed by atoms with Crippen LogP contribution >= 0.6 is 0 Å². The van der Waals surface area contributed by atoms with Crippen molar-refractivity contribution in [2.45, 2.75) is 20.8 Å². The molecule has 0 aromatic carbocycles. The van der Waals surface area contributed by atoms with E-state index in [0.29, 0.717) is 6.73 Å². The maximum absolute atomic E-state index is 11.1. The first kappa shape index (κ1) is 11.4. The Labute approximate surface area is 74.9 Å². The zero-order valence-corrected chi connectivity index (χ0v) is 8.76. The van der Waals surface area contributed by atoms with Crippen molar-refractivity contribution in [3.8, 4) is 0 Å². The van der Waals surface area contributed by atoms with Crippen molar-refractivity contribution in [3.05, 3.63) is 0 Å². The fourth-order valence-corrected chi connectivity index (χ4v) is 0.496. The van der Waals surface area contributed by atoms with Gasteiger partial charge < -0.3 is 4.74 Å². The number of hydrogen-bond donors (Lipinski definition) is 0. The summed E-state index contributed by atoms with van der Waals surface area (Å²) < 4.78 is 5.81. The Balaban J connectivity index is 3.76. The van der Waals surface area contributed by atoms with Gasteiger partial charge in [0.05, 0.1) is 26.6 Å². The largest absolute Gasteiger partial charge is 0.415 e. The Bertz CT molecular complexity index is 153. The number of nitrogens with zero attached hydrogens (tertiary/aromatic N) is 1. The van der Waals surface area contributed by atoms with E-state index in [1.165, 1.54) is 0 Å². The summed E-state index contributed by atoms with van der Waals surface area (Å²) >= 11 is 0. The molecule has 0 heterocycles. The molecule has 0 unspecified atom stereocenters. The summed E-state index contributed by atoms with van der Waals surface area (Å²) in [7, 11) is 4.07. The molecule has 0 aromatic heterocycles. The van der Waals surface area contributed by atoms with Gasteiger partial charge in [0.1, 0.15) is 0 Å². The van der Waals surface area contributed by atoms with Crippen LogP contribution in [-0.2, 0) is 9.53 Å². The van der Waals surface area contributed by atoms with Crippen LogP contribution in [0.3, 0.4) is 0 Å². The van der Waals surface area contributed by atoms with Crippen LogP contribution < -0.4 is 0 Å². The average Bonchev–Trinajstić information content (AvgIpc) is 2.00. The quantitative estimate of drug-likeness (QED) is 0.364. The normalized spacial score (nSPS) is 11.8. The monoisotopic (exact) mass is 174 g/mol. The lowest BCUT2D eigenvalue weighted by molar-refractivity contribution is -0.905. The Morgan fingerprint density at radius 1 is 1.42 bits per heavy atom. The number of carbonyl (C=O) groups excluding carboxylic acids is 1. The van der Waals surface area contributed by atoms with Crippen molar-refractivity contribution in [1.82, 2.24) is 0 Å². The van der Waals surface area contributed by atoms with Gasteiger partial charge in [0, 0.05) is 0 Å². The minimum Gasteiger partial charge on any atom is -0.415 e. The molecule has 0 bridgehead atoms. The minimum atomic E-state index is -0.116. The second kappa shape index (κ2) is 4.45. The first-order chi connectivity index (χ1) is 5.39. The fourth-order valence-electron chi connectivity index (χ4n) is 0.496. The third-order valence-electron chi connectivity index (χ3n) is 1.88. The summed E-state index contributed by atoms with van der Waals surface area (Å²) in [6.07, 6.45) is 0. The van der Waals surface area contributed by atoms with E-state index < -0.39 is 0 Å². The second-order valence-electron chi connectivity index (χ2n) is 4.00. The summed E-state index contributed by atoms with van der Waals surface area (Å²) in [6, 6.07) is 0. The molecule has 0 radical (unpaired) electrons. The average molecular weight is 174 g/mol. The number of rotatable bonds is 4. The maximum atomic E-state index is 11.1. The summed E-state index contributed by atoms with van der Waals surface area (Å²) in [5, 5.41) is 0. The summed E-state index contributed by atoms with van der Waals surface area (Å²) in [4.78, 5) is 11.1. The van der Waals surface area contributed by atoms with E-state index in [9.17, 15) is 4.79 Å². The van der Waals surface area contributed by atoms with E-state index in [4.69, 9.17) is 4.74 Å². The lowest BCUT2D eigenvalue weighted by Gasteiger charge is -2.27. The third-order valence-corrected chi connectivity index (χ3v) is 1.88. The smallest absolute Gasteiger partial charge is 0.312 e. The summed E-state index contributed by atoms with van der Waals surface area (Å²) in [5.41, 5.74) is 0. The highest BCUT2D eigenvalue weighted by atomic mass is 16.5. The minimum absolute atomic E-state index is 0.0261. The van der Waals surface area contributed by atoms with Crippen molar-refractivity contribution in [2.75, 3.05) is 27.4 Å². The molecule has 0 aromatic rings. The molecule has 3 nitrogen and oxygen atoms in total. The van der Waals surface area contributed by atoms with Crippen LogP contribution in [0.1, 0.15) is 20.8 Å². The number of hydrogen-bond acceptors (Lipinski definition) is 2. The molecule has 0 atom stereocenters. The van der Waals surface area contributed by atoms with Crippen LogP contribution in [0.4, 0.5) is 0 Å². The van der Waals surface area contributed by atoms with Crippen molar-refractivity contribution in [1.29, 1.82) is 0 Å². The molecule has 0 aliphatic heterocycles. The van der Waals surface area contributed by atoms with Crippen molar-refractivity contribution in [2.24, 2.45) is 5.92 Å². The molecule has 12 heavy (non-hydrogen) atoms. The van der Waals surface area contributed by atoms with Gasteiger partial charge in [-0.25, -0.2) is 0 Å². The van der Waals surface area contributed by atoms with Gasteiger partial charge in [-0.2, -0.15) is 0 Å². The van der Waals surface area contributed by atoms with E-state index in [0.717, 1.165) is 11.0 Å². The van der Waals surface area contributed by atoms with Gasteiger partial charge in [0.15, 0.2) is 0 Å². The third kappa shape index (κ3) is 4.34. The number of esters is 1. The van der Waals surface area contributed by atoms with Crippen LogP contribution in [0.15, 0.2) is 0 Å². The van der Waals surface area contributed by atoms with Crippen LogP contribution in [-0.4, -0.2) is 37.8 Å². The van der Waals surface area contributed by atoms with E-state index >= 15 is 0 Å². The summed E-state index contributed by atoms with van der Waals surface area (Å²) in [5.74, 6) is -0.142. The SMILES string of the molecule is CC[N+](C)(C)COC(=O)C(C)C. The topological polar surface area (TPSA) is 26.3 Å². The van der Waals surface area contributed by atoms with Crippen LogP contribution in [0.2, 0.25) is 0 Å². The van der Waals surface area contributed by atoms with Crippen LogP contribution in [0.5, 0.6) is 0 Å². The highest BCUT2D eigenvalue weighted by molar-refractivity contribution is 5.71. The molecule has 3 heteroatoms. The maximum Gasteiger partial charge on any atom is 0.312 e. The molecule has 0 amide bonds. The Hall–Kier alpha value is -0.570. The highest BCUT2D eigenvalue weighted by Crippen LogP contribution is 2.00. The van der Waals surface area contributed by atoms with Crippen LogP contribution in [0, 0.1) is 5.92 Å². The van der Waals surface area contributed by atoms with Crippen molar-refractivity contribution in [3.63, 3.8) is 0 Å². The Morgan fingerprint density at radius 3 is 2.25 bits per heavy atom. The molecule has 0 aliphatic rings. The number of quaternary nitrogens is 1. The first-order valence-corrected chi connectivity index (χ1v) is 4.37. The van der Waals surface area contributed by atoms with Crippen molar-refractivity contribution >= 4 is 5.97 Å². The zero-order valence-electron chi connectivity index (χ0n) is 8.76. The molecule has 72 valence electrons. The van der Waals surface area contributed by atoms with E-state index in [1.54, 1.807) is 0 Å². The van der Waals surface area contributed by atoms with Gasteiger partial charge in [-0.15, -0.1) is 0 Å². The fraction of sp³-hybridized carbons (Fsp3) is 0.889. The molecule has 0 saturated heterocycles. The number of carbonyl (C=O) groups is 1. The predicted molar refractivity (Wildman–Crippen MR) is 48.4 cm³/mol. The van der Waals surface area contributed by atoms with E-state index in [1.807, 2.05) is 27.9 Å². The van der Waals surface area contributed by atoms with Gasteiger partial charge in [0.25, 0.3) is 0 Å². The Kier molecular flexibility index (Phi) is 4.24. The molecule has 0 spiro atoms. The lowest BCUT2D eigenvalue weighted by Crippen LogP contribution is -2.42. The molecule has 0 fully saturated rings. The zero-order chi connectivity index (χ0) is 9.78. The molecule has 0 rings (SSSR count). The number of ether oxygens (including phenoxy) is 1. The van der Waals surface area contributed by atoms with Gasteiger partial charge in [0.2, 0.25) is 6.73 Å². The molecular weight excluding hydrogens is 154 g/mol. The lowest BCUT2D eigenvalue weighted by atomic mass is 10.2. The summed E-state index contributed by atoms with van der Waals surface area (Å²) in [6.45, 7) is 7.19. The van der Waals surface area contributed by atoms with Gasteiger partial charge in [-0.3, -0.25) is 9.28 Å². The van der Waals surface area contributed by atoms with Crippen molar-refractivity contribution < 1.29 is 14.0 Å². The molecular formula is C9H20NO2+. The Morgan fingerprint density at radius 2 is 1.92 bits per heavy atom. The first-order valence-electron chi connectivity index (χ1n) is 4.37. The van der Waals surface area contributed by atoms with E-state index in [-0.39, 0.29) is 11.9 Å².